The van der Waals surface area contributed by atoms with Gasteiger partial charge in [-0.3, -0.25) is 0 Å². The fourth-order valence-electron chi connectivity index (χ4n) is 2.08. The van der Waals surface area contributed by atoms with E-state index in [-0.39, 0.29) is 5.82 Å². The summed E-state index contributed by atoms with van der Waals surface area (Å²) < 4.78 is 13.7. The smallest absolute Gasteiger partial charge is 0.128 e. The third-order valence-electron chi connectivity index (χ3n) is 3.30. The van der Waals surface area contributed by atoms with Gasteiger partial charge in [-0.05, 0) is 48.9 Å². The van der Waals surface area contributed by atoms with E-state index in [0.717, 1.165) is 11.4 Å². The van der Waals surface area contributed by atoms with Crippen LogP contribution in [0.3, 0.4) is 0 Å². The van der Waals surface area contributed by atoms with Crippen LogP contribution in [0.4, 0.5) is 4.39 Å². The molecular weight excluding hydrogens is 305 g/mol. The highest BCUT2D eigenvalue weighted by Crippen LogP contribution is 2.26. The molecule has 0 bridgehead atoms. The minimum Gasteiger partial charge on any atom is -0.310 e. The van der Waals surface area contributed by atoms with Crippen molar-refractivity contribution in [1.82, 2.24) is 5.32 Å². The lowest BCUT2D eigenvalue weighted by Gasteiger charge is -2.13. The summed E-state index contributed by atoms with van der Waals surface area (Å²) in [7, 11) is 0. The third kappa shape index (κ3) is 4.73. The first kappa shape index (κ1) is 16.3. The minimum absolute atomic E-state index is 0.243. The Morgan fingerprint density at radius 2 is 1.90 bits per heavy atom. The highest BCUT2D eigenvalue weighted by Gasteiger charge is 2.06. The van der Waals surface area contributed by atoms with E-state index in [4.69, 9.17) is 11.6 Å². The van der Waals surface area contributed by atoms with Gasteiger partial charge in [0, 0.05) is 21.7 Å². The van der Waals surface area contributed by atoms with E-state index in [1.54, 1.807) is 23.9 Å². The van der Waals surface area contributed by atoms with Crippen LogP contribution in [-0.4, -0.2) is 6.54 Å². The average Bonchev–Trinajstić information content (AvgIpc) is 2.47. The number of hydrogen-bond donors (Lipinski definition) is 1. The molecule has 0 saturated carbocycles. The maximum Gasteiger partial charge on any atom is 0.128 e. The topological polar surface area (TPSA) is 12.0 Å². The van der Waals surface area contributed by atoms with Crippen molar-refractivity contribution in [1.29, 1.82) is 0 Å². The van der Waals surface area contributed by atoms with Gasteiger partial charge in [0.05, 0.1) is 0 Å². The maximum absolute atomic E-state index is 13.7. The molecule has 4 heteroatoms. The molecule has 112 valence electrons. The molecule has 0 aliphatic heterocycles. The molecule has 0 saturated heterocycles. The molecule has 2 aromatic carbocycles. The lowest BCUT2D eigenvalue weighted by Crippen LogP contribution is -2.17. The van der Waals surface area contributed by atoms with Crippen LogP contribution in [0.25, 0.3) is 0 Å². The van der Waals surface area contributed by atoms with Crippen LogP contribution in [0.15, 0.2) is 47.4 Å². The molecule has 2 rings (SSSR count). The molecule has 1 N–H and O–H groups in total. The van der Waals surface area contributed by atoms with Crippen molar-refractivity contribution in [3.8, 4) is 0 Å². The summed E-state index contributed by atoms with van der Waals surface area (Å²) in [5.41, 5.74) is 1.94. The fraction of sp³-hybridized carbons (Fsp3) is 0.294. The lowest BCUT2D eigenvalue weighted by atomic mass is 10.1. The minimum atomic E-state index is -0.243. The van der Waals surface area contributed by atoms with E-state index in [1.165, 1.54) is 11.6 Å². The normalized spacial score (nSPS) is 12.4. The number of hydrogen-bond acceptors (Lipinski definition) is 2. The zero-order valence-corrected chi connectivity index (χ0v) is 13.8. The fourth-order valence-corrected chi connectivity index (χ4v) is 3.12. The van der Waals surface area contributed by atoms with Gasteiger partial charge in [-0.2, -0.15) is 0 Å². The van der Waals surface area contributed by atoms with Crippen molar-refractivity contribution in [3.63, 3.8) is 0 Å². The van der Waals surface area contributed by atoms with Crippen molar-refractivity contribution in [2.75, 3.05) is 6.54 Å². The Bertz CT molecular complexity index is 586. The molecular formula is C17H19ClFNS. The van der Waals surface area contributed by atoms with Crippen molar-refractivity contribution in [3.05, 3.63) is 64.4 Å². The van der Waals surface area contributed by atoms with E-state index in [0.29, 0.717) is 22.4 Å². The molecule has 0 heterocycles. The Morgan fingerprint density at radius 1 is 1.19 bits per heavy atom. The molecule has 0 amide bonds. The summed E-state index contributed by atoms with van der Waals surface area (Å²) in [6, 6.07) is 13.6. The lowest BCUT2D eigenvalue weighted by molar-refractivity contribution is 0.598. The SMILES string of the molecule is CCNC(C)c1ccc(SCc2ccc(Cl)cc2F)cc1. The molecule has 0 aliphatic rings. The van der Waals surface area contributed by atoms with E-state index < -0.39 is 0 Å². The molecule has 0 aliphatic carbocycles. The Hall–Kier alpha value is -1.03. The quantitative estimate of drug-likeness (QED) is 0.710. The highest BCUT2D eigenvalue weighted by atomic mass is 35.5. The molecule has 2 aromatic rings. The van der Waals surface area contributed by atoms with E-state index in [1.807, 2.05) is 0 Å². The third-order valence-corrected chi connectivity index (χ3v) is 4.60. The Kier molecular flexibility index (Phi) is 6.09. The van der Waals surface area contributed by atoms with Crippen LogP contribution in [0.1, 0.15) is 31.0 Å². The van der Waals surface area contributed by atoms with Crippen LogP contribution in [-0.2, 0) is 5.75 Å². The summed E-state index contributed by atoms with van der Waals surface area (Å²) in [5, 5.41) is 3.82. The van der Waals surface area contributed by atoms with Gasteiger partial charge in [-0.25, -0.2) is 4.39 Å². The first-order valence-electron chi connectivity index (χ1n) is 7.00. The van der Waals surface area contributed by atoms with Gasteiger partial charge >= 0.3 is 0 Å². The van der Waals surface area contributed by atoms with Gasteiger partial charge in [0.2, 0.25) is 0 Å². The second-order valence-corrected chi connectivity index (χ2v) is 6.36. The monoisotopic (exact) mass is 323 g/mol. The van der Waals surface area contributed by atoms with Gasteiger partial charge in [-0.1, -0.05) is 36.7 Å². The van der Waals surface area contributed by atoms with Crippen molar-refractivity contribution >= 4 is 23.4 Å². The van der Waals surface area contributed by atoms with Gasteiger partial charge in [-0.15, -0.1) is 11.8 Å². The number of nitrogens with one attached hydrogen (secondary N) is 1. The van der Waals surface area contributed by atoms with Crippen molar-refractivity contribution in [2.24, 2.45) is 0 Å². The Balaban J connectivity index is 1.97. The van der Waals surface area contributed by atoms with Gasteiger partial charge in [0.25, 0.3) is 0 Å². The summed E-state index contributed by atoms with van der Waals surface area (Å²) in [5.74, 6) is 0.359. The largest absolute Gasteiger partial charge is 0.310 e. The molecule has 1 unspecified atom stereocenters. The predicted molar refractivity (Wildman–Crippen MR) is 89.5 cm³/mol. The van der Waals surface area contributed by atoms with Crippen LogP contribution < -0.4 is 5.32 Å². The molecule has 0 spiro atoms. The second-order valence-electron chi connectivity index (χ2n) is 4.87. The first-order chi connectivity index (χ1) is 10.1. The molecule has 21 heavy (non-hydrogen) atoms. The number of halogens is 2. The maximum atomic E-state index is 13.7. The van der Waals surface area contributed by atoms with E-state index in [9.17, 15) is 4.39 Å². The molecule has 0 aromatic heterocycles. The van der Waals surface area contributed by atoms with Crippen molar-refractivity contribution < 1.29 is 4.39 Å². The summed E-state index contributed by atoms with van der Waals surface area (Å²) in [4.78, 5) is 1.14. The Morgan fingerprint density at radius 3 is 2.52 bits per heavy atom. The van der Waals surface area contributed by atoms with Crippen LogP contribution in [0.2, 0.25) is 5.02 Å². The van der Waals surface area contributed by atoms with Gasteiger partial charge in [0.15, 0.2) is 0 Å². The first-order valence-corrected chi connectivity index (χ1v) is 8.36. The average molecular weight is 324 g/mol. The molecule has 1 atom stereocenters. The number of benzene rings is 2. The number of rotatable bonds is 6. The second kappa shape index (κ2) is 7.83. The molecule has 0 radical (unpaired) electrons. The summed E-state index contributed by atoms with van der Waals surface area (Å²) in [6.07, 6.45) is 0. The summed E-state index contributed by atoms with van der Waals surface area (Å²) >= 11 is 7.38. The number of thioether (sulfide) groups is 1. The van der Waals surface area contributed by atoms with E-state index in [2.05, 4.69) is 43.4 Å². The van der Waals surface area contributed by atoms with Gasteiger partial charge < -0.3 is 5.32 Å². The van der Waals surface area contributed by atoms with Gasteiger partial charge in [0.1, 0.15) is 5.82 Å². The van der Waals surface area contributed by atoms with Crippen LogP contribution >= 0.6 is 23.4 Å². The van der Waals surface area contributed by atoms with Crippen LogP contribution in [0.5, 0.6) is 0 Å². The van der Waals surface area contributed by atoms with Crippen molar-refractivity contribution in [2.45, 2.75) is 30.5 Å². The zero-order valence-electron chi connectivity index (χ0n) is 12.2. The standard InChI is InChI=1S/C17H19ClFNS/c1-3-20-12(2)13-5-8-16(9-6-13)21-11-14-4-7-15(18)10-17(14)19/h4-10,12,20H,3,11H2,1-2H3. The predicted octanol–water partition coefficient (Wildman–Crippen LogP) is 5.44. The zero-order chi connectivity index (χ0) is 15.2. The highest BCUT2D eigenvalue weighted by molar-refractivity contribution is 7.98. The molecule has 1 nitrogen and oxygen atoms in total. The Labute approximate surface area is 134 Å². The molecule has 0 fully saturated rings. The van der Waals surface area contributed by atoms with Crippen LogP contribution in [0, 0.1) is 5.82 Å². The van der Waals surface area contributed by atoms with E-state index >= 15 is 0 Å². The summed E-state index contributed by atoms with van der Waals surface area (Å²) in [6.45, 7) is 5.20.